The first-order valence-corrected chi connectivity index (χ1v) is 7.06. The lowest BCUT2D eigenvalue weighted by molar-refractivity contribution is 0.216. The fraction of sp³-hybridized carbons (Fsp3) is 0.600. The number of ether oxygens (including phenoxy) is 1. The number of fused-ring (bicyclic) bond motifs is 1. The standard InChI is InChI=1S/C15H19ClO/c1-10-2-7-15-12(8-10)9-13(17-15)5-6-14(16)11-3-4-11/h2,7-8,11,13-14H,3-6,9H2,1H3. The third-order valence-electron chi connectivity index (χ3n) is 3.86. The minimum atomic E-state index is 0.354. The predicted octanol–water partition coefficient (Wildman–Crippen LogP) is 4.10. The van der Waals surface area contributed by atoms with E-state index in [0.29, 0.717) is 11.5 Å². The molecule has 2 atom stereocenters. The van der Waals surface area contributed by atoms with Crippen molar-refractivity contribution in [1.29, 1.82) is 0 Å². The van der Waals surface area contributed by atoms with Crippen LogP contribution < -0.4 is 4.74 Å². The van der Waals surface area contributed by atoms with Gasteiger partial charge in [-0.15, -0.1) is 11.6 Å². The lowest BCUT2D eigenvalue weighted by Gasteiger charge is -2.13. The molecule has 1 aliphatic heterocycles. The maximum Gasteiger partial charge on any atom is 0.123 e. The number of rotatable bonds is 4. The van der Waals surface area contributed by atoms with Gasteiger partial charge in [0.25, 0.3) is 0 Å². The topological polar surface area (TPSA) is 9.23 Å². The zero-order valence-electron chi connectivity index (χ0n) is 10.3. The Morgan fingerprint density at radius 3 is 3.00 bits per heavy atom. The molecule has 1 aliphatic carbocycles. The molecule has 0 saturated heterocycles. The molecule has 0 radical (unpaired) electrons. The van der Waals surface area contributed by atoms with Crippen LogP contribution in [-0.4, -0.2) is 11.5 Å². The van der Waals surface area contributed by atoms with Crippen molar-refractivity contribution in [3.8, 4) is 5.75 Å². The summed E-state index contributed by atoms with van der Waals surface area (Å²) in [5, 5.41) is 0.379. The predicted molar refractivity (Wildman–Crippen MR) is 70.9 cm³/mol. The highest BCUT2D eigenvalue weighted by atomic mass is 35.5. The van der Waals surface area contributed by atoms with Gasteiger partial charge in [-0.05, 0) is 50.2 Å². The molecule has 2 aliphatic rings. The van der Waals surface area contributed by atoms with Gasteiger partial charge >= 0.3 is 0 Å². The van der Waals surface area contributed by atoms with E-state index in [1.165, 1.54) is 24.0 Å². The number of benzene rings is 1. The summed E-state index contributed by atoms with van der Waals surface area (Å²) in [7, 11) is 0. The molecule has 0 aromatic heterocycles. The Labute approximate surface area is 108 Å². The zero-order chi connectivity index (χ0) is 11.8. The Morgan fingerprint density at radius 2 is 2.24 bits per heavy atom. The Hall–Kier alpha value is -0.690. The van der Waals surface area contributed by atoms with Crippen LogP contribution in [0.5, 0.6) is 5.75 Å². The van der Waals surface area contributed by atoms with E-state index in [0.717, 1.165) is 30.9 Å². The molecule has 1 aromatic rings. The van der Waals surface area contributed by atoms with Crippen LogP contribution in [0.1, 0.15) is 36.8 Å². The molecule has 17 heavy (non-hydrogen) atoms. The van der Waals surface area contributed by atoms with Gasteiger partial charge in [-0.1, -0.05) is 17.7 Å². The van der Waals surface area contributed by atoms with Gasteiger partial charge in [-0.25, -0.2) is 0 Å². The van der Waals surface area contributed by atoms with Crippen LogP contribution in [0.4, 0.5) is 0 Å². The van der Waals surface area contributed by atoms with Crippen LogP contribution in [0.3, 0.4) is 0 Å². The largest absolute Gasteiger partial charge is 0.490 e. The van der Waals surface area contributed by atoms with Crippen molar-refractivity contribution in [3.05, 3.63) is 29.3 Å². The molecule has 1 saturated carbocycles. The molecule has 92 valence electrons. The van der Waals surface area contributed by atoms with E-state index in [4.69, 9.17) is 16.3 Å². The molecular weight excluding hydrogens is 232 g/mol. The highest BCUT2D eigenvalue weighted by Gasteiger charge is 2.31. The molecule has 0 bridgehead atoms. The van der Waals surface area contributed by atoms with Crippen LogP contribution in [0.15, 0.2) is 18.2 Å². The van der Waals surface area contributed by atoms with Crippen LogP contribution in [0.2, 0.25) is 0 Å². The zero-order valence-corrected chi connectivity index (χ0v) is 11.0. The van der Waals surface area contributed by atoms with Gasteiger partial charge in [-0.2, -0.15) is 0 Å². The number of aryl methyl sites for hydroxylation is 1. The van der Waals surface area contributed by atoms with Gasteiger partial charge < -0.3 is 4.74 Å². The molecular formula is C15H19ClO. The summed E-state index contributed by atoms with van der Waals surface area (Å²) in [6.07, 6.45) is 6.28. The average Bonchev–Trinajstić information content (AvgIpc) is 3.07. The first kappa shape index (κ1) is 11.4. The molecule has 1 nitrogen and oxygen atoms in total. The molecule has 3 rings (SSSR count). The highest BCUT2D eigenvalue weighted by molar-refractivity contribution is 6.20. The summed E-state index contributed by atoms with van der Waals surface area (Å²) < 4.78 is 5.95. The summed E-state index contributed by atoms with van der Waals surface area (Å²) in [6, 6.07) is 6.47. The number of hydrogen-bond donors (Lipinski definition) is 0. The SMILES string of the molecule is Cc1ccc2c(c1)CC(CCC(Cl)C1CC1)O2. The second kappa shape index (κ2) is 4.53. The molecule has 0 N–H and O–H groups in total. The van der Waals surface area contributed by atoms with Gasteiger partial charge in [0.1, 0.15) is 11.9 Å². The molecule has 2 heteroatoms. The maximum absolute atomic E-state index is 6.34. The molecule has 0 amide bonds. The minimum absolute atomic E-state index is 0.354. The Kier molecular flexibility index (Phi) is 3.04. The fourth-order valence-electron chi connectivity index (χ4n) is 2.65. The summed E-state index contributed by atoms with van der Waals surface area (Å²) in [6.45, 7) is 2.13. The van der Waals surface area contributed by atoms with E-state index in [1.54, 1.807) is 0 Å². The first-order valence-electron chi connectivity index (χ1n) is 6.62. The van der Waals surface area contributed by atoms with Crippen molar-refractivity contribution in [1.82, 2.24) is 0 Å². The number of halogens is 1. The van der Waals surface area contributed by atoms with Crippen LogP contribution in [0, 0.1) is 12.8 Å². The van der Waals surface area contributed by atoms with Gasteiger partial charge in [0.05, 0.1) is 0 Å². The fourth-order valence-corrected chi connectivity index (χ4v) is 3.03. The Bertz CT molecular complexity index is 411. The molecule has 1 fully saturated rings. The number of alkyl halides is 1. The van der Waals surface area contributed by atoms with Gasteiger partial charge in [-0.3, -0.25) is 0 Å². The van der Waals surface area contributed by atoms with E-state index in [1.807, 2.05) is 0 Å². The van der Waals surface area contributed by atoms with Crippen molar-refractivity contribution in [2.24, 2.45) is 5.92 Å². The summed E-state index contributed by atoms with van der Waals surface area (Å²) in [4.78, 5) is 0. The van der Waals surface area contributed by atoms with Crippen molar-refractivity contribution >= 4 is 11.6 Å². The second-order valence-electron chi connectivity index (χ2n) is 5.49. The molecule has 2 unspecified atom stereocenters. The Balaban J connectivity index is 1.54. The van der Waals surface area contributed by atoms with Crippen molar-refractivity contribution in [2.75, 3.05) is 0 Å². The third kappa shape index (κ3) is 2.60. The smallest absolute Gasteiger partial charge is 0.123 e. The van der Waals surface area contributed by atoms with E-state index in [9.17, 15) is 0 Å². The van der Waals surface area contributed by atoms with Gasteiger partial charge in [0.2, 0.25) is 0 Å². The normalized spacial score (nSPS) is 24.2. The lowest BCUT2D eigenvalue weighted by Crippen LogP contribution is -2.15. The monoisotopic (exact) mass is 250 g/mol. The van der Waals surface area contributed by atoms with Crippen molar-refractivity contribution in [2.45, 2.75) is 50.5 Å². The first-order chi connectivity index (χ1) is 8.22. The number of hydrogen-bond acceptors (Lipinski definition) is 1. The Morgan fingerprint density at radius 1 is 1.41 bits per heavy atom. The van der Waals surface area contributed by atoms with Crippen LogP contribution in [-0.2, 0) is 6.42 Å². The van der Waals surface area contributed by atoms with Gasteiger partial charge in [0.15, 0.2) is 0 Å². The third-order valence-corrected chi connectivity index (χ3v) is 4.43. The molecule has 1 heterocycles. The van der Waals surface area contributed by atoms with Crippen LogP contribution >= 0.6 is 11.6 Å². The molecule has 1 aromatic carbocycles. The van der Waals surface area contributed by atoms with Gasteiger partial charge in [0, 0.05) is 11.8 Å². The average molecular weight is 251 g/mol. The van der Waals surface area contributed by atoms with Crippen LogP contribution in [0.25, 0.3) is 0 Å². The van der Waals surface area contributed by atoms with Crippen molar-refractivity contribution in [3.63, 3.8) is 0 Å². The minimum Gasteiger partial charge on any atom is -0.490 e. The lowest BCUT2D eigenvalue weighted by atomic mass is 10.0. The van der Waals surface area contributed by atoms with E-state index in [2.05, 4.69) is 25.1 Å². The second-order valence-corrected chi connectivity index (χ2v) is 6.05. The van der Waals surface area contributed by atoms with E-state index >= 15 is 0 Å². The highest BCUT2D eigenvalue weighted by Crippen LogP contribution is 2.39. The summed E-state index contributed by atoms with van der Waals surface area (Å²) in [5.41, 5.74) is 2.69. The summed E-state index contributed by atoms with van der Waals surface area (Å²) >= 11 is 6.34. The maximum atomic E-state index is 6.34. The van der Waals surface area contributed by atoms with E-state index in [-0.39, 0.29) is 0 Å². The van der Waals surface area contributed by atoms with E-state index < -0.39 is 0 Å². The van der Waals surface area contributed by atoms with Crippen molar-refractivity contribution < 1.29 is 4.74 Å². The summed E-state index contributed by atoms with van der Waals surface area (Å²) in [5.74, 6) is 1.88. The quantitative estimate of drug-likeness (QED) is 0.732. The molecule has 0 spiro atoms.